The Morgan fingerprint density at radius 1 is 1.06 bits per heavy atom. The number of hydrogen-bond acceptors (Lipinski definition) is 5. The van der Waals surface area contributed by atoms with E-state index in [-0.39, 0.29) is 17.9 Å². The molecular weight excluding hydrogens is 431 g/mol. The van der Waals surface area contributed by atoms with Crippen LogP contribution in [-0.2, 0) is 11.0 Å². The van der Waals surface area contributed by atoms with Crippen LogP contribution in [-0.4, -0.2) is 48.5 Å². The van der Waals surface area contributed by atoms with Crippen molar-refractivity contribution < 1.29 is 18.0 Å². The average Bonchev–Trinajstić information content (AvgIpc) is 3.10. The standard InChI is InChI=1S/C21H23ClF3N5O/c22-16-5-2-14(3-6-16)19-17(13-27-28-19)20(31)30-9-1-8-29(10-11-30)18-7-4-15(12-26-18)21(23,24)25/h2-7,12,17,19,27-28H,1,8-11,13H2. The highest BCUT2D eigenvalue weighted by Crippen LogP contribution is 2.30. The zero-order valence-corrected chi connectivity index (χ0v) is 17.5. The van der Waals surface area contributed by atoms with Gasteiger partial charge in [-0.1, -0.05) is 23.7 Å². The van der Waals surface area contributed by atoms with Crippen LogP contribution in [0, 0.1) is 5.92 Å². The fourth-order valence-corrected chi connectivity index (χ4v) is 4.18. The Morgan fingerprint density at radius 3 is 2.52 bits per heavy atom. The summed E-state index contributed by atoms with van der Waals surface area (Å²) in [6.45, 7) is 2.76. The number of hydrazine groups is 1. The van der Waals surface area contributed by atoms with E-state index in [1.54, 1.807) is 12.1 Å². The number of nitrogens with zero attached hydrogens (tertiary/aromatic N) is 3. The normalized spacial score (nSPS) is 22.5. The number of halogens is 4. The molecule has 2 atom stereocenters. The number of carbonyl (C=O) groups is 1. The van der Waals surface area contributed by atoms with Crippen molar-refractivity contribution in [3.05, 3.63) is 58.7 Å². The molecule has 0 radical (unpaired) electrons. The second-order valence-electron chi connectivity index (χ2n) is 7.73. The summed E-state index contributed by atoms with van der Waals surface area (Å²) >= 11 is 5.98. The predicted octanol–water partition coefficient (Wildman–Crippen LogP) is 3.26. The molecule has 2 aromatic rings. The van der Waals surface area contributed by atoms with Gasteiger partial charge in [-0.05, 0) is 36.2 Å². The smallest absolute Gasteiger partial charge is 0.355 e. The number of benzene rings is 1. The topological polar surface area (TPSA) is 60.5 Å². The number of anilines is 1. The molecule has 0 saturated carbocycles. The van der Waals surface area contributed by atoms with Crippen LogP contribution in [0.25, 0.3) is 0 Å². The summed E-state index contributed by atoms with van der Waals surface area (Å²) in [5, 5.41) is 0.641. The zero-order chi connectivity index (χ0) is 22.0. The van der Waals surface area contributed by atoms with Crippen molar-refractivity contribution in [1.29, 1.82) is 0 Å². The summed E-state index contributed by atoms with van der Waals surface area (Å²) in [4.78, 5) is 21.0. The zero-order valence-electron chi connectivity index (χ0n) is 16.7. The maximum atomic E-state index is 13.3. The highest BCUT2D eigenvalue weighted by molar-refractivity contribution is 6.30. The highest BCUT2D eigenvalue weighted by Gasteiger charge is 2.37. The second-order valence-corrected chi connectivity index (χ2v) is 8.17. The van der Waals surface area contributed by atoms with Crippen molar-refractivity contribution in [3.63, 3.8) is 0 Å². The van der Waals surface area contributed by atoms with Gasteiger partial charge in [0.2, 0.25) is 5.91 Å². The Hall–Kier alpha value is -2.36. The van der Waals surface area contributed by atoms with Gasteiger partial charge in [0.1, 0.15) is 5.82 Å². The third-order valence-electron chi connectivity index (χ3n) is 5.73. The fourth-order valence-electron chi connectivity index (χ4n) is 4.06. The highest BCUT2D eigenvalue weighted by atomic mass is 35.5. The van der Waals surface area contributed by atoms with Crippen molar-refractivity contribution in [1.82, 2.24) is 20.7 Å². The molecule has 2 aliphatic heterocycles. The Morgan fingerprint density at radius 2 is 1.84 bits per heavy atom. The molecule has 1 aromatic carbocycles. The van der Waals surface area contributed by atoms with Crippen LogP contribution in [0.4, 0.5) is 19.0 Å². The molecule has 10 heteroatoms. The molecule has 1 aromatic heterocycles. The lowest BCUT2D eigenvalue weighted by Gasteiger charge is -2.27. The second kappa shape index (κ2) is 9.02. The molecule has 6 nitrogen and oxygen atoms in total. The Bertz CT molecular complexity index is 907. The molecule has 0 bridgehead atoms. The number of alkyl halides is 3. The van der Waals surface area contributed by atoms with E-state index in [0.29, 0.717) is 50.0 Å². The Labute approximate surface area is 183 Å². The van der Waals surface area contributed by atoms with Crippen LogP contribution >= 0.6 is 11.6 Å². The van der Waals surface area contributed by atoms with Crippen LogP contribution in [0.5, 0.6) is 0 Å². The quantitative estimate of drug-likeness (QED) is 0.747. The monoisotopic (exact) mass is 453 g/mol. The van der Waals surface area contributed by atoms with Crippen molar-refractivity contribution >= 4 is 23.3 Å². The number of rotatable bonds is 3. The first-order chi connectivity index (χ1) is 14.8. The van der Waals surface area contributed by atoms with Crippen molar-refractivity contribution in [2.75, 3.05) is 37.6 Å². The van der Waals surface area contributed by atoms with Gasteiger partial charge in [-0.3, -0.25) is 10.2 Å². The molecule has 0 spiro atoms. The molecule has 2 unspecified atom stereocenters. The molecule has 166 valence electrons. The molecule has 3 heterocycles. The molecule has 2 saturated heterocycles. The number of hydrogen-bond donors (Lipinski definition) is 2. The summed E-state index contributed by atoms with van der Waals surface area (Å²) in [6, 6.07) is 9.71. The lowest BCUT2D eigenvalue weighted by molar-refractivity contribution is -0.138. The maximum absolute atomic E-state index is 13.3. The van der Waals surface area contributed by atoms with Crippen molar-refractivity contribution in [2.45, 2.75) is 18.6 Å². The molecule has 2 aliphatic rings. The minimum Gasteiger partial charge on any atom is -0.355 e. The van der Waals surface area contributed by atoms with E-state index < -0.39 is 11.7 Å². The summed E-state index contributed by atoms with van der Waals surface area (Å²) in [7, 11) is 0. The SMILES string of the molecule is O=C(C1CNNC1c1ccc(Cl)cc1)N1CCCN(c2ccc(C(F)(F)F)cn2)CC1. The van der Waals surface area contributed by atoms with Crippen LogP contribution < -0.4 is 15.8 Å². The largest absolute Gasteiger partial charge is 0.417 e. The summed E-state index contributed by atoms with van der Waals surface area (Å²) in [5.41, 5.74) is 6.48. The summed E-state index contributed by atoms with van der Waals surface area (Å²) in [6.07, 6.45) is -2.83. The van der Waals surface area contributed by atoms with Crippen LogP contribution in [0.2, 0.25) is 5.02 Å². The van der Waals surface area contributed by atoms with Crippen molar-refractivity contribution in [2.24, 2.45) is 5.92 Å². The number of nitrogens with one attached hydrogen (secondary N) is 2. The van der Waals surface area contributed by atoms with Crippen LogP contribution in [0.3, 0.4) is 0 Å². The lowest BCUT2D eigenvalue weighted by atomic mass is 9.93. The molecule has 4 rings (SSSR count). The number of aromatic nitrogens is 1. The van der Waals surface area contributed by atoms with Gasteiger partial charge in [0.05, 0.1) is 17.5 Å². The molecule has 2 fully saturated rings. The van der Waals surface area contributed by atoms with E-state index in [9.17, 15) is 18.0 Å². The van der Waals surface area contributed by atoms with Crippen LogP contribution in [0.1, 0.15) is 23.6 Å². The average molecular weight is 454 g/mol. The van der Waals surface area contributed by atoms with Gasteiger partial charge < -0.3 is 9.80 Å². The van der Waals surface area contributed by atoms with E-state index in [2.05, 4.69) is 15.8 Å². The van der Waals surface area contributed by atoms with Gasteiger partial charge in [-0.25, -0.2) is 10.4 Å². The van der Waals surface area contributed by atoms with Gasteiger partial charge in [-0.2, -0.15) is 13.2 Å². The number of carbonyl (C=O) groups excluding carboxylic acids is 1. The summed E-state index contributed by atoms with van der Waals surface area (Å²) in [5.74, 6) is 0.294. The van der Waals surface area contributed by atoms with Gasteiger partial charge in [0, 0.05) is 43.9 Å². The third-order valence-corrected chi connectivity index (χ3v) is 5.99. The van der Waals surface area contributed by atoms with E-state index in [4.69, 9.17) is 11.6 Å². The number of amides is 1. The first-order valence-corrected chi connectivity index (χ1v) is 10.5. The Balaban J connectivity index is 1.41. The van der Waals surface area contributed by atoms with E-state index >= 15 is 0 Å². The predicted molar refractivity (Wildman–Crippen MR) is 111 cm³/mol. The molecule has 1 amide bonds. The minimum atomic E-state index is -4.41. The number of pyridine rings is 1. The molecular formula is C21H23ClF3N5O. The van der Waals surface area contributed by atoms with E-state index in [1.165, 1.54) is 6.07 Å². The maximum Gasteiger partial charge on any atom is 0.417 e. The van der Waals surface area contributed by atoms with E-state index in [0.717, 1.165) is 17.8 Å². The summed E-state index contributed by atoms with van der Waals surface area (Å²) < 4.78 is 38.3. The van der Waals surface area contributed by atoms with Gasteiger partial charge in [-0.15, -0.1) is 0 Å². The van der Waals surface area contributed by atoms with Crippen molar-refractivity contribution in [3.8, 4) is 0 Å². The minimum absolute atomic E-state index is 0.0553. The van der Waals surface area contributed by atoms with Crippen LogP contribution in [0.15, 0.2) is 42.6 Å². The third kappa shape index (κ3) is 4.94. The lowest BCUT2D eigenvalue weighted by Crippen LogP contribution is -2.41. The fraction of sp³-hybridized carbons (Fsp3) is 0.429. The van der Waals surface area contributed by atoms with E-state index in [1.807, 2.05) is 21.9 Å². The van der Waals surface area contributed by atoms with Gasteiger partial charge in [0.15, 0.2) is 0 Å². The first-order valence-electron chi connectivity index (χ1n) is 10.1. The Kier molecular flexibility index (Phi) is 6.36. The molecule has 31 heavy (non-hydrogen) atoms. The molecule has 2 N–H and O–H groups in total. The first kappa shape index (κ1) is 21.9. The molecule has 0 aliphatic carbocycles. The van der Waals surface area contributed by atoms with Gasteiger partial charge in [0.25, 0.3) is 0 Å². The van der Waals surface area contributed by atoms with Gasteiger partial charge >= 0.3 is 6.18 Å².